The first-order valence-corrected chi connectivity index (χ1v) is 7.30. The van der Waals surface area contributed by atoms with Crippen LogP contribution in [-0.4, -0.2) is 48.6 Å². The lowest BCUT2D eigenvalue weighted by Gasteiger charge is -2.26. The highest BCUT2D eigenvalue weighted by Crippen LogP contribution is 2.23. The molecule has 110 valence electrons. The minimum absolute atomic E-state index is 0.0248. The second kappa shape index (κ2) is 6.10. The minimum Gasteiger partial charge on any atom is -0.378 e. The van der Waals surface area contributed by atoms with Crippen LogP contribution in [0.4, 0.5) is 5.82 Å². The highest BCUT2D eigenvalue weighted by molar-refractivity contribution is 6.00. The van der Waals surface area contributed by atoms with Gasteiger partial charge in [0.2, 0.25) is 0 Å². The topological polar surface area (TPSA) is 54.5 Å². The van der Waals surface area contributed by atoms with Crippen molar-refractivity contribution in [2.24, 2.45) is 0 Å². The number of nitrogens with zero attached hydrogens (tertiary/aromatic N) is 2. The minimum atomic E-state index is -0.0248. The van der Waals surface area contributed by atoms with Crippen LogP contribution in [0.2, 0.25) is 0 Å². The summed E-state index contributed by atoms with van der Waals surface area (Å²) in [4.78, 5) is 18.9. The van der Waals surface area contributed by atoms with E-state index in [-0.39, 0.29) is 5.91 Å². The van der Waals surface area contributed by atoms with Crippen molar-refractivity contribution in [1.82, 2.24) is 9.88 Å². The van der Waals surface area contributed by atoms with Crippen LogP contribution in [-0.2, 0) is 4.74 Å². The number of benzene rings is 1. The molecule has 0 saturated carbocycles. The summed E-state index contributed by atoms with van der Waals surface area (Å²) in [6.07, 6.45) is 0. The highest BCUT2D eigenvalue weighted by atomic mass is 16.5. The fourth-order valence-electron chi connectivity index (χ4n) is 2.54. The van der Waals surface area contributed by atoms with Crippen LogP contribution < -0.4 is 5.32 Å². The molecular weight excluding hydrogens is 266 g/mol. The van der Waals surface area contributed by atoms with Crippen molar-refractivity contribution in [3.05, 3.63) is 36.0 Å². The Morgan fingerprint density at radius 3 is 2.86 bits per heavy atom. The van der Waals surface area contributed by atoms with E-state index in [9.17, 15) is 4.79 Å². The number of rotatable bonds is 3. The van der Waals surface area contributed by atoms with Gasteiger partial charge in [0, 0.05) is 25.0 Å². The second-order valence-corrected chi connectivity index (χ2v) is 5.01. The van der Waals surface area contributed by atoms with Gasteiger partial charge in [0.25, 0.3) is 5.91 Å². The van der Waals surface area contributed by atoms with E-state index in [2.05, 4.69) is 10.3 Å². The highest BCUT2D eigenvalue weighted by Gasteiger charge is 2.20. The molecular formula is C16H19N3O2. The molecule has 0 radical (unpaired) electrons. The fraction of sp³-hybridized carbons (Fsp3) is 0.375. The van der Waals surface area contributed by atoms with Gasteiger partial charge in [-0.15, -0.1) is 0 Å². The van der Waals surface area contributed by atoms with Crippen LogP contribution in [0.25, 0.3) is 10.8 Å². The lowest BCUT2D eigenvalue weighted by molar-refractivity contribution is 0.0299. The molecule has 2 aromatic rings. The quantitative estimate of drug-likeness (QED) is 0.938. The van der Waals surface area contributed by atoms with E-state index in [1.807, 2.05) is 37.3 Å². The van der Waals surface area contributed by atoms with Crippen LogP contribution in [0.1, 0.15) is 17.4 Å². The van der Waals surface area contributed by atoms with Crippen molar-refractivity contribution in [3.63, 3.8) is 0 Å². The first-order chi connectivity index (χ1) is 10.3. The Hall–Kier alpha value is -2.14. The largest absolute Gasteiger partial charge is 0.378 e. The number of morpholine rings is 1. The maximum atomic E-state index is 12.6. The molecule has 1 aromatic carbocycles. The van der Waals surface area contributed by atoms with Crippen LogP contribution in [0.3, 0.4) is 0 Å². The van der Waals surface area contributed by atoms with Gasteiger partial charge in [0.05, 0.1) is 13.2 Å². The van der Waals surface area contributed by atoms with Crippen molar-refractivity contribution in [3.8, 4) is 0 Å². The summed E-state index contributed by atoms with van der Waals surface area (Å²) in [5.41, 5.74) is 0.492. The van der Waals surface area contributed by atoms with Crippen LogP contribution in [0.15, 0.2) is 30.3 Å². The van der Waals surface area contributed by atoms with Crippen molar-refractivity contribution in [1.29, 1.82) is 0 Å². The molecule has 3 rings (SSSR count). The molecule has 1 saturated heterocycles. The molecule has 1 aromatic heterocycles. The molecule has 5 heteroatoms. The van der Waals surface area contributed by atoms with Gasteiger partial charge in [-0.1, -0.05) is 24.3 Å². The number of aromatic nitrogens is 1. The summed E-state index contributed by atoms with van der Waals surface area (Å²) in [5.74, 6) is 0.746. The van der Waals surface area contributed by atoms with Crippen molar-refractivity contribution in [2.75, 3.05) is 38.2 Å². The number of nitrogens with one attached hydrogen (secondary N) is 1. The lowest BCUT2D eigenvalue weighted by Crippen LogP contribution is -2.41. The maximum Gasteiger partial charge on any atom is 0.272 e. The van der Waals surface area contributed by atoms with E-state index < -0.39 is 0 Å². The third-order valence-corrected chi connectivity index (χ3v) is 3.60. The van der Waals surface area contributed by atoms with Gasteiger partial charge in [-0.05, 0) is 18.4 Å². The van der Waals surface area contributed by atoms with Gasteiger partial charge >= 0.3 is 0 Å². The maximum absolute atomic E-state index is 12.6. The van der Waals surface area contributed by atoms with Gasteiger partial charge in [-0.2, -0.15) is 0 Å². The van der Waals surface area contributed by atoms with Crippen molar-refractivity contribution in [2.45, 2.75) is 6.92 Å². The number of pyridine rings is 1. The number of ether oxygens (including phenoxy) is 1. The molecule has 1 aliphatic heterocycles. The van der Waals surface area contributed by atoms with Gasteiger partial charge in [0.1, 0.15) is 11.5 Å². The number of carbonyl (C=O) groups is 1. The Morgan fingerprint density at radius 1 is 1.33 bits per heavy atom. The molecule has 1 amide bonds. The van der Waals surface area contributed by atoms with Crippen molar-refractivity contribution < 1.29 is 9.53 Å². The predicted molar refractivity (Wildman–Crippen MR) is 82.6 cm³/mol. The van der Waals surface area contributed by atoms with Gasteiger partial charge in [-0.25, -0.2) is 4.98 Å². The van der Waals surface area contributed by atoms with Crippen LogP contribution >= 0.6 is 0 Å². The van der Waals surface area contributed by atoms with E-state index in [1.54, 1.807) is 4.90 Å². The Balaban J connectivity index is 1.99. The Morgan fingerprint density at radius 2 is 2.10 bits per heavy atom. The number of carbonyl (C=O) groups excluding carboxylic acids is 1. The molecule has 0 spiro atoms. The summed E-state index contributed by atoms with van der Waals surface area (Å²) in [6, 6.07) is 9.85. The van der Waals surface area contributed by atoms with Crippen molar-refractivity contribution >= 4 is 22.5 Å². The molecule has 0 unspecified atom stereocenters. The predicted octanol–water partition coefficient (Wildman–Crippen LogP) is 2.14. The molecule has 0 aliphatic carbocycles. The summed E-state index contributed by atoms with van der Waals surface area (Å²) in [6.45, 7) is 5.24. The third kappa shape index (κ3) is 2.83. The number of amides is 1. The summed E-state index contributed by atoms with van der Waals surface area (Å²) >= 11 is 0. The smallest absolute Gasteiger partial charge is 0.272 e. The summed E-state index contributed by atoms with van der Waals surface area (Å²) in [7, 11) is 0. The first kappa shape index (κ1) is 13.8. The lowest BCUT2D eigenvalue weighted by atomic mass is 10.1. The zero-order valence-corrected chi connectivity index (χ0v) is 12.1. The monoisotopic (exact) mass is 285 g/mol. The first-order valence-electron chi connectivity index (χ1n) is 7.30. The molecule has 1 N–H and O–H groups in total. The van der Waals surface area contributed by atoms with E-state index in [0.29, 0.717) is 32.0 Å². The fourth-order valence-corrected chi connectivity index (χ4v) is 2.54. The van der Waals surface area contributed by atoms with E-state index in [4.69, 9.17) is 4.74 Å². The van der Waals surface area contributed by atoms with Gasteiger partial charge in [0.15, 0.2) is 0 Å². The van der Waals surface area contributed by atoms with E-state index in [1.165, 1.54) is 0 Å². The summed E-state index contributed by atoms with van der Waals surface area (Å²) < 4.78 is 5.29. The molecule has 1 fully saturated rings. The number of fused-ring (bicyclic) bond motifs is 1. The average Bonchev–Trinajstić information content (AvgIpc) is 2.55. The molecule has 5 nitrogen and oxygen atoms in total. The zero-order valence-electron chi connectivity index (χ0n) is 12.1. The standard InChI is InChI=1S/C16H19N3O2/c1-2-17-15-13-6-4-3-5-12(13)11-14(18-15)16(20)19-7-9-21-10-8-19/h3-6,11H,2,7-10H2,1H3,(H,17,18). The number of anilines is 1. The SMILES string of the molecule is CCNc1nc(C(=O)N2CCOCC2)cc2ccccc12. The Bertz CT molecular complexity index is 651. The van der Waals surface area contributed by atoms with Crippen LogP contribution in [0, 0.1) is 0 Å². The van der Waals surface area contributed by atoms with Gasteiger partial charge < -0.3 is 15.0 Å². The van der Waals surface area contributed by atoms with E-state index >= 15 is 0 Å². The third-order valence-electron chi connectivity index (χ3n) is 3.60. The molecule has 0 bridgehead atoms. The normalized spacial score (nSPS) is 15.2. The zero-order chi connectivity index (χ0) is 14.7. The molecule has 2 heterocycles. The Labute approximate surface area is 123 Å². The van der Waals surface area contributed by atoms with Gasteiger partial charge in [-0.3, -0.25) is 4.79 Å². The molecule has 21 heavy (non-hydrogen) atoms. The Kier molecular flexibility index (Phi) is 4.01. The molecule has 0 atom stereocenters. The molecule has 1 aliphatic rings. The average molecular weight is 285 g/mol. The number of hydrogen-bond donors (Lipinski definition) is 1. The second-order valence-electron chi connectivity index (χ2n) is 5.01. The number of hydrogen-bond acceptors (Lipinski definition) is 4. The summed E-state index contributed by atoms with van der Waals surface area (Å²) in [5, 5.41) is 5.31. The van der Waals surface area contributed by atoms with Crippen LogP contribution in [0.5, 0.6) is 0 Å². The van der Waals surface area contributed by atoms with E-state index in [0.717, 1.165) is 23.1 Å².